The smallest absolute Gasteiger partial charge is 0.151 e. The van der Waals surface area contributed by atoms with Crippen molar-refractivity contribution in [2.75, 3.05) is 23.3 Å². The van der Waals surface area contributed by atoms with Gasteiger partial charge in [-0.1, -0.05) is 13.8 Å². The van der Waals surface area contributed by atoms with Crippen LogP contribution in [0.15, 0.2) is 18.3 Å². The van der Waals surface area contributed by atoms with E-state index in [0.717, 1.165) is 56.8 Å². The molecular formula is C19H29N5O. The Morgan fingerprint density at radius 2 is 2.00 bits per heavy atom. The van der Waals surface area contributed by atoms with Gasteiger partial charge in [0.05, 0.1) is 17.5 Å². The Hall–Kier alpha value is -2.08. The molecule has 0 unspecified atom stereocenters. The minimum absolute atomic E-state index is 0.175. The van der Waals surface area contributed by atoms with Gasteiger partial charge < -0.3 is 15.3 Å². The van der Waals surface area contributed by atoms with Crippen LogP contribution in [0.25, 0.3) is 0 Å². The molecule has 0 atom stereocenters. The summed E-state index contributed by atoms with van der Waals surface area (Å²) in [6.07, 6.45) is 5.19. The third-order valence-corrected chi connectivity index (χ3v) is 5.03. The summed E-state index contributed by atoms with van der Waals surface area (Å²) in [5, 5.41) is 18.0. The number of aryl methyl sites for hydroxylation is 2. The van der Waals surface area contributed by atoms with Crippen molar-refractivity contribution in [3.05, 3.63) is 35.3 Å². The highest BCUT2D eigenvalue weighted by Crippen LogP contribution is 2.27. The molecule has 0 spiro atoms. The lowest BCUT2D eigenvalue weighted by Gasteiger charge is -2.31. The van der Waals surface area contributed by atoms with Crippen LogP contribution in [-0.4, -0.2) is 39.1 Å². The van der Waals surface area contributed by atoms with Crippen molar-refractivity contribution in [3.63, 3.8) is 0 Å². The maximum atomic E-state index is 9.74. The number of nitrogens with one attached hydrogen (secondary N) is 1. The van der Waals surface area contributed by atoms with Crippen LogP contribution in [-0.2, 0) is 26.4 Å². The Bertz CT molecular complexity index is 704. The summed E-state index contributed by atoms with van der Waals surface area (Å²) in [6, 6.07) is 4.05. The molecule has 1 aliphatic rings. The maximum Gasteiger partial charge on any atom is 0.151 e. The number of nitrogens with zero attached hydrogens (tertiary/aromatic N) is 4. The molecule has 0 saturated carbocycles. The maximum absolute atomic E-state index is 9.74. The van der Waals surface area contributed by atoms with Gasteiger partial charge in [0.2, 0.25) is 0 Å². The Balaban J connectivity index is 1.78. The van der Waals surface area contributed by atoms with Gasteiger partial charge in [0.15, 0.2) is 5.82 Å². The van der Waals surface area contributed by atoms with Gasteiger partial charge in [-0.05, 0) is 37.8 Å². The molecule has 6 nitrogen and oxygen atoms in total. The second-order valence-corrected chi connectivity index (χ2v) is 6.65. The van der Waals surface area contributed by atoms with Gasteiger partial charge in [0, 0.05) is 44.1 Å². The average molecular weight is 343 g/mol. The van der Waals surface area contributed by atoms with E-state index in [1.165, 1.54) is 17.0 Å². The van der Waals surface area contributed by atoms with E-state index in [1.807, 2.05) is 24.0 Å². The lowest BCUT2D eigenvalue weighted by Crippen LogP contribution is -2.36. The van der Waals surface area contributed by atoms with E-state index >= 15 is 0 Å². The van der Waals surface area contributed by atoms with E-state index in [9.17, 15) is 5.11 Å². The van der Waals surface area contributed by atoms with Crippen LogP contribution in [0.4, 0.5) is 11.5 Å². The SMILES string of the molecule is CCc1nn(C)c(CC)c1CNc1cccnc1N1CCC(O)CC1. The number of piperidine rings is 1. The normalized spacial score (nSPS) is 15.6. The van der Waals surface area contributed by atoms with Crippen molar-refractivity contribution in [2.45, 2.75) is 52.2 Å². The molecule has 1 saturated heterocycles. The highest BCUT2D eigenvalue weighted by atomic mass is 16.3. The molecule has 2 N–H and O–H groups in total. The molecule has 1 fully saturated rings. The molecular weight excluding hydrogens is 314 g/mol. The Morgan fingerprint density at radius 1 is 1.24 bits per heavy atom. The van der Waals surface area contributed by atoms with Crippen LogP contribution in [0.3, 0.4) is 0 Å². The third-order valence-electron chi connectivity index (χ3n) is 5.03. The van der Waals surface area contributed by atoms with Gasteiger partial charge in [-0.25, -0.2) is 4.98 Å². The van der Waals surface area contributed by atoms with Gasteiger partial charge in [-0.2, -0.15) is 5.10 Å². The van der Waals surface area contributed by atoms with Crippen LogP contribution in [0, 0.1) is 0 Å². The van der Waals surface area contributed by atoms with Crippen LogP contribution < -0.4 is 10.2 Å². The lowest BCUT2D eigenvalue weighted by atomic mass is 10.1. The summed E-state index contributed by atoms with van der Waals surface area (Å²) in [7, 11) is 2.02. The summed E-state index contributed by atoms with van der Waals surface area (Å²) >= 11 is 0. The Kier molecular flexibility index (Phi) is 5.58. The predicted molar refractivity (Wildman–Crippen MR) is 101 cm³/mol. The van der Waals surface area contributed by atoms with E-state index in [2.05, 4.69) is 40.2 Å². The summed E-state index contributed by atoms with van der Waals surface area (Å²) in [5.74, 6) is 0.981. The summed E-state index contributed by atoms with van der Waals surface area (Å²) < 4.78 is 2.01. The van der Waals surface area contributed by atoms with Gasteiger partial charge in [0.25, 0.3) is 0 Å². The first-order chi connectivity index (χ1) is 12.1. The Morgan fingerprint density at radius 3 is 2.68 bits per heavy atom. The highest BCUT2D eigenvalue weighted by molar-refractivity contribution is 5.65. The van der Waals surface area contributed by atoms with Crippen LogP contribution in [0.1, 0.15) is 43.6 Å². The number of pyridine rings is 1. The van der Waals surface area contributed by atoms with Crippen molar-refractivity contribution in [2.24, 2.45) is 7.05 Å². The van der Waals surface area contributed by atoms with E-state index in [1.54, 1.807) is 0 Å². The quantitative estimate of drug-likeness (QED) is 0.844. The first-order valence-electron chi connectivity index (χ1n) is 9.29. The molecule has 0 amide bonds. The molecule has 2 aromatic heterocycles. The third kappa shape index (κ3) is 3.79. The van der Waals surface area contributed by atoms with E-state index in [-0.39, 0.29) is 6.10 Å². The summed E-state index contributed by atoms with van der Waals surface area (Å²) in [6.45, 7) is 6.78. The number of anilines is 2. The van der Waals surface area contributed by atoms with Crippen LogP contribution in [0.2, 0.25) is 0 Å². The number of aromatic nitrogens is 3. The predicted octanol–water partition coefficient (Wildman–Crippen LogP) is 2.51. The van der Waals surface area contributed by atoms with Crippen molar-refractivity contribution in [3.8, 4) is 0 Å². The number of rotatable bonds is 6. The minimum Gasteiger partial charge on any atom is -0.393 e. The highest BCUT2D eigenvalue weighted by Gasteiger charge is 2.21. The van der Waals surface area contributed by atoms with E-state index in [0.29, 0.717) is 0 Å². The standard InChI is InChI=1S/C19H29N5O/c1-4-16-15(18(5-2)23(3)22-16)13-21-17-7-6-10-20-19(17)24-11-8-14(25)9-12-24/h6-7,10,14,21,25H,4-5,8-9,11-13H2,1-3H3. The van der Waals surface area contributed by atoms with Gasteiger partial charge >= 0.3 is 0 Å². The molecule has 3 rings (SSSR count). The molecule has 25 heavy (non-hydrogen) atoms. The van der Waals surface area contributed by atoms with E-state index < -0.39 is 0 Å². The van der Waals surface area contributed by atoms with Gasteiger partial charge in [-0.3, -0.25) is 4.68 Å². The van der Waals surface area contributed by atoms with Crippen LogP contribution >= 0.6 is 0 Å². The molecule has 2 aromatic rings. The molecule has 0 bridgehead atoms. The fraction of sp³-hybridized carbons (Fsp3) is 0.579. The fourth-order valence-corrected chi connectivity index (χ4v) is 3.64. The minimum atomic E-state index is -0.175. The average Bonchev–Trinajstić information content (AvgIpc) is 2.95. The number of aliphatic hydroxyl groups is 1. The number of hydrogen-bond donors (Lipinski definition) is 2. The molecule has 136 valence electrons. The van der Waals surface area contributed by atoms with Gasteiger partial charge in [0.1, 0.15) is 0 Å². The summed E-state index contributed by atoms with van der Waals surface area (Å²) in [5.41, 5.74) is 4.80. The Labute approximate surface area is 149 Å². The summed E-state index contributed by atoms with van der Waals surface area (Å²) in [4.78, 5) is 6.85. The zero-order chi connectivity index (χ0) is 17.8. The molecule has 6 heteroatoms. The van der Waals surface area contributed by atoms with Crippen molar-refractivity contribution < 1.29 is 5.11 Å². The van der Waals surface area contributed by atoms with Gasteiger partial charge in [-0.15, -0.1) is 0 Å². The lowest BCUT2D eigenvalue weighted by molar-refractivity contribution is 0.145. The zero-order valence-corrected chi connectivity index (χ0v) is 15.5. The first-order valence-corrected chi connectivity index (χ1v) is 9.29. The van der Waals surface area contributed by atoms with Crippen molar-refractivity contribution in [1.29, 1.82) is 0 Å². The van der Waals surface area contributed by atoms with Crippen molar-refractivity contribution in [1.82, 2.24) is 14.8 Å². The molecule has 3 heterocycles. The molecule has 1 aliphatic heterocycles. The van der Waals surface area contributed by atoms with Crippen molar-refractivity contribution >= 4 is 11.5 Å². The second kappa shape index (κ2) is 7.87. The topological polar surface area (TPSA) is 66.2 Å². The monoisotopic (exact) mass is 343 g/mol. The molecule has 0 aliphatic carbocycles. The zero-order valence-electron chi connectivity index (χ0n) is 15.5. The number of aliphatic hydroxyl groups excluding tert-OH is 1. The molecule has 0 radical (unpaired) electrons. The second-order valence-electron chi connectivity index (χ2n) is 6.65. The largest absolute Gasteiger partial charge is 0.393 e. The number of hydrogen-bond acceptors (Lipinski definition) is 5. The van der Waals surface area contributed by atoms with E-state index in [4.69, 9.17) is 0 Å². The fourth-order valence-electron chi connectivity index (χ4n) is 3.64. The first kappa shape index (κ1) is 17.7. The molecule has 0 aromatic carbocycles. The van der Waals surface area contributed by atoms with Crippen LogP contribution in [0.5, 0.6) is 0 Å².